The maximum absolute atomic E-state index is 5.51. The molecule has 10 aromatic rings. The fraction of sp³-hybridized carbons (Fsp3) is 0. The molecule has 8 aromatic carbocycles. The Morgan fingerprint density at radius 1 is 0.388 bits per heavy atom. The van der Waals surface area contributed by atoms with Crippen molar-refractivity contribution in [2.24, 2.45) is 0 Å². The van der Waals surface area contributed by atoms with Crippen molar-refractivity contribution in [1.29, 1.82) is 0 Å². The zero-order chi connectivity index (χ0) is 32.3. The van der Waals surface area contributed by atoms with Crippen molar-refractivity contribution >= 4 is 54.1 Å². The van der Waals surface area contributed by atoms with E-state index in [1.165, 1.54) is 37.8 Å². The summed E-state index contributed by atoms with van der Waals surface area (Å²) in [6, 6.07) is 62.5. The highest BCUT2D eigenvalue weighted by Gasteiger charge is 2.21. The summed E-state index contributed by atoms with van der Waals surface area (Å²) < 4.78 is 2.38. The Morgan fingerprint density at radius 3 is 1.88 bits per heavy atom. The van der Waals surface area contributed by atoms with E-state index in [0.29, 0.717) is 5.82 Å². The van der Waals surface area contributed by atoms with Gasteiger partial charge >= 0.3 is 0 Å². The largest absolute Gasteiger partial charge is 0.309 e. The van der Waals surface area contributed by atoms with Gasteiger partial charge < -0.3 is 4.57 Å². The first-order chi connectivity index (χ1) is 24.3. The van der Waals surface area contributed by atoms with Crippen LogP contribution in [0.1, 0.15) is 0 Å². The monoisotopic (exact) mass is 623 g/mol. The number of nitrogens with zero attached hydrogens (tertiary/aromatic N) is 3. The summed E-state index contributed by atoms with van der Waals surface area (Å²) in [5, 5.41) is 9.51. The van der Waals surface area contributed by atoms with E-state index < -0.39 is 0 Å². The Bertz CT molecular complexity index is 2870. The number of aromatic nitrogens is 3. The molecule has 0 spiro atoms. The van der Waals surface area contributed by atoms with Crippen molar-refractivity contribution in [2.45, 2.75) is 0 Å². The standard InChI is InChI=1S/C46H29N3/c1-3-15-31(16-4-1)41-29-42(39-24-13-23-38-36-22-11-12-25-43(36)49(45(38)39)33-18-5-2-6-19-33)48-46(47-41)44-35-21-10-8-17-32(35)28-40-34-20-9-7-14-30(34)26-27-37(40)44/h1-29H. The third kappa shape index (κ3) is 4.37. The third-order valence-corrected chi connectivity index (χ3v) is 9.77. The summed E-state index contributed by atoms with van der Waals surface area (Å²) in [6.07, 6.45) is 0. The molecule has 0 saturated heterocycles. The number of hydrogen-bond acceptors (Lipinski definition) is 2. The second kappa shape index (κ2) is 11.0. The van der Waals surface area contributed by atoms with Gasteiger partial charge in [0.1, 0.15) is 0 Å². The fourth-order valence-electron chi connectivity index (χ4n) is 7.59. The molecule has 0 radical (unpaired) electrons. The van der Waals surface area contributed by atoms with E-state index in [2.05, 4.69) is 180 Å². The Kier molecular flexibility index (Phi) is 6.18. The second-order valence-electron chi connectivity index (χ2n) is 12.6. The number of fused-ring (bicyclic) bond motifs is 7. The Balaban J connectivity index is 1.34. The van der Waals surface area contributed by atoms with E-state index in [9.17, 15) is 0 Å². The molecule has 0 bridgehead atoms. The van der Waals surface area contributed by atoms with Gasteiger partial charge in [-0.3, -0.25) is 0 Å². The first-order valence-corrected chi connectivity index (χ1v) is 16.7. The molecule has 0 aliphatic carbocycles. The zero-order valence-electron chi connectivity index (χ0n) is 26.6. The molecule has 3 nitrogen and oxygen atoms in total. The van der Waals surface area contributed by atoms with Gasteiger partial charge in [-0.05, 0) is 62.6 Å². The SMILES string of the molecule is c1ccc(-c2cc(-c3cccc4c5ccccc5n(-c5ccccc5)c34)nc(-c3c4ccccc4cc4c3ccc3ccccc34)n2)cc1. The van der Waals surface area contributed by atoms with Crippen LogP contribution in [-0.2, 0) is 0 Å². The molecule has 0 aliphatic rings. The van der Waals surface area contributed by atoms with Crippen LogP contribution in [0.3, 0.4) is 0 Å². The third-order valence-electron chi connectivity index (χ3n) is 9.77. The normalized spacial score (nSPS) is 11.7. The molecule has 228 valence electrons. The number of hydrogen-bond donors (Lipinski definition) is 0. The number of rotatable bonds is 4. The van der Waals surface area contributed by atoms with E-state index in [-0.39, 0.29) is 0 Å². The highest BCUT2D eigenvalue weighted by atomic mass is 15.0. The molecule has 49 heavy (non-hydrogen) atoms. The summed E-state index contributed by atoms with van der Waals surface area (Å²) in [6.45, 7) is 0. The average molecular weight is 624 g/mol. The van der Waals surface area contributed by atoms with Gasteiger partial charge in [-0.1, -0.05) is 146 Å². The predicted molar refractivity (Wildman–Crippen MR) is 205 cm³/mol. The maximum Gasteiger partial charge on any atom is 0.161 e. The lowest BCUT2D eigenvalue weighted by Crippen LogP contribution is -2.00. The van der Waals surface area contributed by atoms with Crippen molar-refractivity contribution < 1.29 is 0 Å². The first kappa shape index (κ1) is 27.5. The van der Waals surface area contributed by atoms with E-state index in [1.807, 2.05) is 0 Å². The molecule has 2 heterocycles. The summed E-state index contributed by atoms with van der Waals surface area (Å²) in [5.41, 5.74) is 8.36. The molecule has 10 rings (SSSR count). The number of para-hydroxylation sites is 3. The molecule has 0 atom stereocenters. The topological polar surface area (TPSA) is 30.7 Å². The van der Waals surface area contributed by atoms with Crippen LogP contribution in [-0.4, -0.2) is 14.5 Å². The Labute approximate surface area is 283 Å². The lowest BCUT2D eigenvalue weighted by Gasteiger charge is -2.16. The van der Waals surface area contributed by atoms with Crippen LogP contribution in [0.2, 0.25) is 0 Å². The smallest absolute Gasteiger partial charge is 0.161 e. The molecule has 3 heteroatoms. The molecular weight excluding hydrogens is 595 g/mol. The molecular formula is C46H29N3. The lowest BCUT2D eigenvalue weighted by molar-refractivity contribution is 1.17. The maximum atomic E-state index is 5.51. The molecule has 0 saturated carbocycles. The minimum Gasteiger partial charge on any atom is -0.309 e. The molecule has 0 unspecified atom stereocenters. The molecule has 0 fully saturated rings. The van der Waals surface area contributed by atoms with Gasteiger partial charge in [-0.25, -0.2) is 9.97 Å². The van der Waals surface area contributed by atoms with Crippen molar-refractivity contribution in [3.8, 4) is 39.6 Å². The van der Waals surface area contributed by atoms with Crippen LogP contribution in [0.4, 0.5) is 0 Å². The van der Waals surface area contributed by atoms with Crippen LogP contribution in [0.15, 0.2) is 176 Å². The van der Waals surface area contributed by atoms with Gasteiger partial charge in [-0.15, -0.1) is 0 Å². The minimum atomic E-state index is 0.716. The van der Waals surface area contributed by atoms with Crippen molar-refractivity contribution in [3.05, 3.63) is 176 Å². The summed E-state index contributed by atoms with van der Waals surface area (Å²) in [5.74, 6) is 0.716. The Morgan fingerprint density at radius 2 is 1.04 bits per heavy atom. The average Bonchev–Trinajstić information content (AvgIpc) is 3.52. The molecule has 0 N–H and O–H groups in total. The van der Waals surface area contributed by atoms with Crippen LogP contribution < -0.4 is 0 Å². The molecule has 0 aliphatic heterocycles. The molecule has 0 amide bonds. The first-order valence-electron chi connectivity index (χ1n) is 16.7. The van der Waals surface area contributed by atoms with Gasteiger partial charge in [0.2, 0.25) is 0 Å². The molecule has 2 aromatic heterocycles. The van der Waals surface area contributed by atoms with Gasteiger partial charge in [0.15, 0.2) is 5.82 Å². The summed E-state index contributed by atoms with van der Waals surface area (Å²) in [4.78, 5) is 10.9. The quantitative estimate of drug-likeness (QED) is 0.144. The summed E-state index contributed by atoms with van der Waals surface area (Å²) in [7, 11) is 0. The minimum absolute atomic E-state index is 0.716. The van der Waals surface area contributed by atoms with Crippen LogP contribution >= 0.6 is 0 Å². The van der Waals surface area contributed by atoms with Crippen LogP contribution in [0, 0.1) is 0 Å². The van der Waals surface area contributed by atoms with Gasteiger partial charge in [-0.2, -0.15) is 0 Å². The predicted octanol–water partition coefficient (Wildman–Crippen LogP) is 12.0. The van der Waals surface area contributed by atoms with Crippen LogP contribution in [0.5, 0.6) is 0 Å². The van der Waals surface area contributed by atoms with Gasteiger partial charge in [0.25, 0.3) is 0 Å². The highest BCUT2D eigenvalue weighted by molar-refractivity contribution is 6.20. The van der Waals surface area contributed by atoms with Gasteiger partial charge in [0, 0.05) is 33.2 Å². The van der Waals surface area contributed by atoms with Crippen molar-refractivity contribution in [3.63, 3.8) is 0 Å². The Hall–Kier alpha value is -6.58. The second-order valence-corrected chi connectivity index (χ2v) is 12.6. The zero-order valence-corrected chi connectivity index (χ0v) is 26.6. The van der Waals surface area contributed by atoms with E-state index >= 15 is 0 Å². The summed E-state index contributed by atoms with van der Waals surface area (Å²) >= 11 is 0. The van der Waals surface area contributed by atoms with Crippen LogP contribution in [0.25, 0.3) is 93.7 Å². The lowest BCUT2D eigenvalue weighted by atomic mass is 9.92. The van der Waals surface area contributed by atoms with Crippen molar-refractivity contribution in [2.75, 3.05) is 0 Å². The van der Waals surface area contributed by atoms with E-state index in [4.69, 9.17) is 9.97 Å². The highest BCUT2D eigenvalue weighted by Crippen LogP contribution is 2.42. The fourth-order valence-corrected chi connectivity index (χ4v) is 7.59. The van der Waals surface area contributed by atoms with Gasteiger partial charge in [0.05, 0.1) is 22.4 Å². The van der Waals surface area contributed by atoms with E-state index in [1.54, 1.807) is 0 Å². The van der Waals surface area contributed by atoms with E-state index in [0.717, 1.165) is 50.1 Å². The number of benzene rings is 8. The van der Waals surface area contributed by atoms with Crippen molar-refractivity contribution in [1.82, 2.24) is 14.5 Å².